The Balaban J connectivity index is 1.63. The number of benzene rings is 1. The third-order valence-corrected chi connectivity index (χ3v) is 3.56. The summed E-state index contributed by atoms with van der Waals surface area (Å²) in [4.78, 5) is 14.8. The molecule has 0 aliphatic rings. The maximum absolute atomic E-state index is 11.7. The zero-order valence-electron chi connectivity index (χ0n) is 10.9. The molecular formula is C13H12N6OS. The first-order valence-electron chi connectivity index (χ1n) is 6.18. The minimum Gasteiger partial charge on any atom is -0.374 e. The van der Waals surface area contributed by atoms with Crippen LogP contribution in [0.1, 0.15) is 10.6 Å². The van der Waals surface area contributed by atoms with Crippen molar-refractivity contribution in [2.75, 3.05) is 5.73 Å². The van der Waals surface area contributed by atoms with Crippen molar-refractivity contribution in [1.82, 2.24) is 20.6 Å². The maximum Gasteiger partial charge on any atom is 0.247 e. The molecule has 0 aliphatic heterocycles. The summed E-state index contributed by atoms with van der Waals surface area (Å²) >= 11 is 1.19. The molecule has 106 valence electrons. The first kappa shape index (κ1) is 13.3. The van der Waals surface area contributed by atoms with Crippen molar-refractivity contribution in [3.8, 4) is 0 Å². The third-order valence-electron chi connectivity index (χ3n) is 2.81. The van der Waals surface area contributed by atoms with Gasteiger partial charge in [-0.15, -0.1) is 10.2 Å². The second-order valence-corrected chi connectivity index (χ2v) is 5.39. The van der Waals surface area contributed by atoms with E-state index in [0.717, 1.165) is 16.5 Å². The lowest BCUT2D eigenvalue weighted by molar-refractivity contribution is -0.120. The molecule has 7 nitrogen and oxygen atoms in total. The second-order valence-electron chi connectivity index (χ2n) is 4.29. The summed E-state index contributed by atoms with van der Waals surface area (Å²) in [5.41, 5.74) is 9.84. The van der Waals surface area contributed by atoms with Crippen LogP contribution in [0.5, 0.6) is 0 Å². The molecule has 0 saturated heterocycles. The van der Waals surface area contributed by atoms with Gasteiger partial charge in [0.1, 0.15) is 5.01 Å². The Hall–Kier alpha value is -2.74. The van der Waals surface area contributed by atoms with Crippen molar-refractivity contribution >= 4 is 39.5 Å². The van der Waals surface area contributed by atoms with Gasteiger partial charge in [0.15, 0.2) is 0 Å². The Morgan fingerprint density at radius 2 is 2.29 bits per heavy atom. The number of para-hydroxylation sites is 1. The van der Waals surface area contributed by atoms with Crippen molar-refractivity contribution < 1.29 is 4.79 Å². The van der Waals surface area contributed by atoms with Crippen LogP contribution in [0.3, 0.4) is 0 Å². The van der Waals surface area contributed by atoms with Gasteiger partial charge in [0.2, 0.25) is 11.0 Å². The van der Waals surface area contributed by atoms with E-state index in [0.29, 0.717) is 10.1 Å². The van der Waals surface area contributed by atoms with Crippen LogP contribution in [0.2, 0.25) is 0 Å². The Morgan fingerprint density at radius 3 is 3.10 bits per heavy atom. The highest BCUT2D eigenvalue weighted by molar-refractivity contribution is 7.15. The van der Waals surface area contributed by atoms with Gasteiger partial charge >= 0.3 is 0 Å². The molecule has 3 aromatic rings. The molecule has 0 fully saturated rings. The number of anilines is 1. The third kappa shape index (κ3) is 3.06. The molecule has 4 N–H and O–H groups in total. The van der Waals surface area contributed by atoms with Crippen LogP contribution in [-0.2, 0) is 11.2 Å². The molecule has 2 heterocycles. The fourth-order valence-electron chi connectivity index (χ4n) is 1.89. The van der Waals surface area contributed by atoms with E-state index in [1.165, 1.54) is 11.3 Å². The van der Waals surface area contributed by atoms with Gasteiger partial charge in [-0.05, 0) is 6.07 Å². The number of carbonyl (C=O) groups excluding carboxylic acids is 1. The van der Waals surface area contributed by atoms with E-state index in [-0.39, 0.29) is 12.3 Å². The van der Waals surface area contributed by atoms with Crippen LogP contribution in [0, 0.1) is 0 Å². The van der Waals surface area contributed by atoms with E-state index in [2.05, 4.69) is 25.7 Å². The SMILES string of the molecule is Nc1nnc(CC(=O)N/N=C\c2c[nH]c3ccccc23)s1. The fourth-order valence-corrected chi connectivity index (χ4v) is 2.50. The number of hydrazone groups is 1. The van der Waals surface area contributed by atoms with Crippen LogP contribution in [0.4, 0.5) is 5.13 Å². The number of nitrogen functional groups attached to an aromatic ring is 1. The van der Waals surface area contributed by atoms with Crippen molar-refractivity contribution in [1.29, 1.82) is 0 Å². The minimum atomic E-state index is -0.262. The largest absolute Gasteiger partial charge is 0.374 e. The molecule has 0 unspecified atom stereocenters. The normalized spacial score (nSPS) is 11.2. The number of aromatic nitrogens is 3. The summed E-state index contributed by atoms with van der Waals surface area (Å²) in [6.45, 7) is 0. The summed E-state index contributed by atoms with van der Waals surface area (Å²) in [5.74, 6) is -0.262. The predicted octanol–water partition coefficient (Wildman–Crippen LogP) is 1.29. The molecule has 21 heavy (non-hydrogen) atoms. The molecule has 2 aromatic heterocycles. The molecular weight excluding hydrogens is 288 g/mol. The summed E-state index contributed by atoms with van der Waals surface area (Å²) in [6.07, 6.45) is 3.55. The molecule has 0 bridgehead atoms. The predicted molar refractivity (Wildman–Crippen MR) is 82.1 cm³/mol. The minimum absolute atomic E-state index is 0.111. The Morgan fingerprint density at radius 1 is 1.43 bits per heavy atom. The van der Waals surface area contributed by atoms with Crippen LogP contribution in [0.25, 0.3) is 10.9 Å². The van der Waals surface area contributed by atoms with E-state index in [1.54, 1.807) is 6.21 Å². The van der Waals surface area contributed by atoms with Crippen LogP contribution in [-0.4, -0.2) is 27.3 Å². The van der Waals surface area contributed by atoms with E-state index in [1.807, 2.05) is 30.5 Å². The van der Waals surface area contributed by atoms with E-state index in [4.69, 9.17) is 5.73 Å². The molecule has 0 radical (unpaired) electrons. The maximum atomic E-state index is 11.7. The van der Waals surface area contributed by atoms with Crippen LogP contribution >= 0.6 is 11.3 Å². The zero-order valence-corrected chi connectivity index (χ0v) is 11.7. The molecule has 8 heteroatoms. The summed E-state index contributed by atoms with van der Waals surface area (Å²) < 4.78 is 0. The topological polar surface area (TPSA) is 109 Å². The van der Waals surface area contributed by atoms with Gasteiger partial charge in [-0.1, -0.05) is 29.5 Å². The molecule has 0 aliphatic carbocycles. The van der Waals surface area contributed by atoms with Gasteiger partial charge in [0.05, 0.1) is 12.6 Å². The van der Waals surface area contributed by atoms with Gasteiger partial charge in [0.25, 0.3) is 0 Å². The van der Waals surface area contributed by atoms with Gasteiger partial charge < -0.3 is 10.7 Å². The lowest BCUT2D eigenvalue weighted by atomic mass is 10.2. The number of fused-ring (bicyclic) bond motifs is 1. The van der Waals surface area contributed by atoms with E-state index in [9.17, 15) is 4.79 Å². The van der Waals surface area contributed by atoms with Gasteiger partial charge in [-0.3, -0.25) is 4.79 Å². The van der Waals surface area contributed by atoms with Gasteiger partial charge in [0, 0.05) is 22.7 Å². The van der Waals surface area contributed by atoms with Crippen molar-refractivity contribution in [2.24, 2.45) is 5.10 Å². The molecule has 0 atom stereocenters. The number of carbonyl (C=O) groups is 1. The molecule has 1 amide bonds. The molecule has 3 rings (SSSR count). The number of rotatable bonds is 4. The molecule has 0 spiro atoms. The average Bonchev–Trinajstić information content (AvgIpc) is 3.06. The standard InChI is InChI=1S/C13H12N6OS/c14-13-19-18-12(21-13)5-11(20)17-16-7-8-6-15-10-4-2-1-3-9(8)10/h1-4,6-7,15H,5H2,(H2,14,19)(H,17,20)/b16-7-. The molecule has 1 aromatic carbocycles. The van der Waals surface area contributed by atoms with E-state index >= 15 is 0 Å². The Labute approximate surface area is 123 Å². The van der Waals surface area contributed by atoms with Crippen LogP contribution < -0.4 is 11.2 Å². The lowest BCUT2D eigenvalue weighted by Crippen LogP contribution is -2.19. The van der Waals surface area contributed by atoms with Gasteiger partial charge in [-0.2, -0.15) is 5.10 Å². The summed E-state index contributed by atoms with van der Waals surface area (Å²) in [5, 5.41) is 13.3. The van der Waals surface area contributed by atoms with Crippen LogP contribution in [0.15, 0.2) is 35.6 Å². The number of hydrogen-bond acceptors (Lipinski definition) is 6. The number of nitrogens with two attached hydrogens (primary N) is 1. The Bertz CT molecular complexity index is 806. The van der Waals surface area contributed by atoms with E-state index < -0.39 is 0 Å². The van der Waals surface area contributed by atoms with Crippen molar-refractivity contribution in [3.63, 3.8) is 0 Å². The summed E-state index contributed by atoms with van der Waals surface area (Å²) in [7, 11) is 0. The highest BCUT2D eigenvalue weighted by atomic mass is 32.1. The number of aromatic amines is 1. The summed E-state index contributed by atoms with van der Waals surface area (Å²) in [6, 6.07) is 7.87. The highest BCUT2D eigenvalue weighted by Gasteiger charge is 2.07. The second kappa shape index (κ2) is 5.71. The number of H-pyrrole nitrogens is 1. The smallest absolute Gasteiger partial charge is 0.247 e. The number of nitrogens with zero attached hydrogens (tertiary/aromatic N) is 3. The number of nitrogens with one attached hydrogen (secondary N) is 2. The average molecular weight is 300 g/mol. The first-order valence-corrected chi connectivity index (χ1v) is 7.00. The molecule has 0 saturated carbocycles. The number of hydrogen-bond donors (Lipinski definition) is 3. The first-order chi connectivity index (χ1) is 10.2. The fraction of sp³-hybridized carbons (Fsp3) is 0.0769. The quantitative estimate of drug-likeness (QED) is 0.498. The zero-order chi connectivity index (χ0) is 14.7. The highest BCUT2D eigenvalue weighted by Crippen LogP contribution is 2.15. The lowest BCUT2D eigenvalue weighted by Gasteiger charge is -1.95. The van der Waals surface area contributed by atoms with Gasteiger partial charge in [-0.25, -0.2) is 5.43 Å². The van der Waals surface area contributed by atoms with Crippen molar-refractivity contribution in [3.05, 3.63) is 41.0 Å². The monoisotopic (exact) mass is 300 g/mol. The Kier molecular flexibility index (Phi) is 3.61. The van der Waals surface area contributed by atoms with Crippen molar-refractivity contribution in [2.45, 2.75) is 6.42 Å². The number of amides is 1.